The number of amides is 1. The second kappa shape index (κ2) is 8.32. The van der Waals surface area contributed by atoms with Gasteiger partial charge in [-0.25, -0.2) is 4.99 Å². The van der Waals surface area contributed by atoms with Gasteiger partial charge in [0.1, 0.15) is 11.9 Å². The van der Waals surface area contributed by atoms with Gasteiger partial charge in [-0.1, -0.05) is 49.3 Å². The molecule has 8 heteroatoms. The summed E-state index contributed by atoms with van der Waals surface area (Å²) in [5.41, 5.74) is 2.54. The van der Waals surface area contributed by atoms with Crippen LogP contribution in [0.3, 0.4) is 0 Å². The fourth-order valence-corrected chi connectivity index (χ4v) is 4.81. The molecule has 0 radical (unpaired) electrons. The van der Waals surface area contributed by atoms with E-state index in [2.05, 4.69) is 4.99 Å². The summed E-state index contributed by atoms with van der Waals surface area (Å²) in [6.45, 7) is 4.04. The Kier molecular flexibility index (Phi) is 5.75. The molecule has 0 aliphatic carbocycles. The fraction of sp³-hybridized carbons (Fsp3) is 0.318. The Morgan fingerprint density at radius 1 is 1.13 bits per heavy atom. The summed E-state index contributed by atoms with van der Waals surface area (Å²) in [4.78, 5) is 24.0. The highest BCUT2D eigenvalue weighted by molar-refractivity contribution is 8.13. The fourth-order valence-electron chi connectivity index (χ4n) is 3.62. The van der Waals surface area contributed by atoms with Crippen LogP contribution in [0.4, 0.5) is 5.69 Å². The van der Waals surface area contributed by atoms with Crippen LogP contribution in [0.15, 0.2) is 46.4 Å². The van der Waals surface area contributed by atoms with E-state index in [1.807, 2.05) is 55.1 Å². The second-order valence-corrected chi connectivity index (χ2v) is 8.75. The maximum absolute atomic E-state index is 12.8. The lowest BCUT2D eigenvalue weighted by Gasteiger charge is -2.33. The van der Waals surface area contributed by atoms with Crippen LogP contribution in [0.2, 0.25) is 5.02 Å². The van der Waals surface area contributed by atoms with Crippen LogP contribution in [-0.4, -0.2) is 42.1 Å². The summed E-state index contributed by atoms with van der Waals surface area (Å²) < 4.78 is 10.9. The van der Waals surface area contributed by atoms with Gasteiger partial charge in [0.15, 0.2) is 16.7 Å². The van der Waals surface area contributed by atoms with Crippen LogP contribution in [0, 0.1) is 5.92 Å². The first-order chi connectivity index (χ1) is 14.4. The minimum atomic E-state index is -0.383. The Morgan fingerprint density at radius 2 is 1.87 bits per heavy atom. The van der Waals surface area contributed by atoms with Crippen LogP contribution >= 0.6 is 23.4 Å². The Balaban J connectivity index is 1.78. The maximum atomic E-state index is 12.8. The van der Waals surface area contributed by atoms with Crippen molar-refractivity contribution in [2.45, 2.75) is 25.6 Å². The van der Waals surface area contributed by atoms with Gasteiger partial charge in [0.05, 0.1) is 19.9 Å². The van der Waals surface area contributed by atoms with E-state index in [0.717, 1.165) is 16.3 Å². The van der Waals surface area contributed by atoms with E-state index >= 15 is 0 Å². The van der Waals surface area contributed by atoms with Crippen LogP contribution in [0.25, 0.3) is 0 Å². The standard InChI is InChI=1S/C22H22ClN3O3S/c1-12(2)19-21(27)25-20-15-9-17(28-3)18(29-4)10-16(15)24-22(26(19)20)30-11-13-6-5-7-14(23)8-13/h5-10,12,19H,11H2,1-4H3/t19-/m1/s1. The van der Waals surface area contributed by atoms with E-state index < -0.39 is 0 Å². The number of halogens is 1. The second-order valence-electron chi connectivity index (χ2n) is 7.37. The van der Waals surface area contributed by atoms with E-state index in [0.29, 0.717) is 33.8 Å². The van der Waals surface area contributed by atoms with E-state index in [1.165, 1.54) is 0 Å². The molecule has 30 heavy (non-hydrogen) atoms. The molecule has 0 fully saturated rings. The monoisotopic (exact) mass is 443 g/mol. The van der Waals surface area contributed by atoms with Gasteiger partial charge in [0, 0.05) is 22.4 Å². The number of ether oxygens (including phenoxy) is 2. The zero-order chi connectivity index (χ0) is 21.4. The normalized spacial score (nSPS) is 17.5. The molecule has 2 aliphatic heterocycles. The predicted molar refractivity (Wildman–Crippen MR) is 121 cm³/mol. The molecule has 0 bridgehead atoms. The van der Waals surface area contributed by atoms with E-state index in [4.69, 9.17) is 26.1 Å². The van der Waals surface area contributed by atoms with Crippen LogP contribution in [0.5, 0.6) is 11.5 Å². The molecule has 0 saturated heterocycles. The summed E-state index contributed by atoms with van der Waals surface area (Å²) in [5.74, 6) is 2.36. The number of amidine groups is 2. The van der Waals surface area contributed by atoms with Gasteiger partial charge in [-0.3, -0.25) is 9.69 Å². The van der Waals surface area contributed by atoms with Crippen molar-refractivity contribution in [2.75, 3.05) is 14.2 Å². The third-order valence-corrected chi connectivity index (χ3v) is 6.29. The predicted octanol–water partition coefficient (Wildman–Crippen LogP) is 4.91. The summed E-state index contributed by atoms with van der Waals surface area (Å²) in [6, 6.07) is 11.0. The van der Waals surface area contributed by atoms with E-state index in [1.54, 1.807) is 26.0 Å². The number of hydrogen-bond donors (Lipinski definition) is 0. The SMILES string of the molecule is COc1cc2c(cc1OC)C1=NC(=O)[C@@H](C(C)C)N1C(SCc1cccc(Cl)c1)=N2. The number of aliphatic imine (C=N–C) groups is 2. The molecule has 1 amide bonds. The molecule has 0 unspecified atom stereocenters. The van der Waals surface area contributed by atoms with Crippen molar-refractivity contribution in [3.63, 3.8) is 0 Å². The lowest BCUT2D eigenvalue weighted by atomic mass is 10.0. The van der Waals surface area contributed by atoms with Crippen molar-refractivity contribution < 1.29 is 14.3 Å². The average molecular weight is 444 g/mol. The number of rotatable bonds is 5. The van der Waals surface area contributed by atoms with Crippen molar-refractivity contribution >= 4 is 46.0 Å². The molecule has 0 spiro atoms. The summed E-state index contributed by atoms with van der Waals surface area (Å²) in [6.07, 6.45) is 0. The number of hydrogen-bond acceptors (Lipinski definition) is 6. The summed E-state index contributed by atoms with van der Waals surface area (Å²) >= 11 is 7.69. The minimum absolute atomic E-state index is 0.0809. The number of fused-ring (bicyclic) bond motifs is 3. The third kappa shape index (κ3) is 3.68. The Morgan fingerprint density at radius 3 is 2.53 bits per heavy atom. The Hall–Kier alpha value is -2.51. The number of thioether (sulfide) groups is 1. The molecule has 6 nitrogen and oxygen atoms in total. The molecule has 2 heterocycles. The molecule has 2 aromatic carbocycles. The third-order valence-electron chi connectivity index (χ3n) is 5.03. The number of benzene rings is 2. The highest BCUT2D eigenvalue weighted by Crippen LogP contribution is 2.42. The average Bonchev–Trinajstić information content (AvgIpc) is 3.08. The van der Waals surface area contributed by atoms with Crippen LogP contribution in [0.1, 0.15) is 25.0 Å². The van der Waals surface area contributed by atoms with Gasteiger partial charge in [0.25, 0.3) is 5.91 Å². The topological polar surface area (TPSA) is 63.5 Å². The number of nitrogens with zero attached hydrogens (tertiary/aromatic N) is 3. The van der Waals surface area contributed by atoms with E-state index in [-0.39, 0.29) is 17.9 Å². The summed E-state index contributed by atoms with van der Waals surface area (Å²) in [5, 5.41) is 1.43. The molecule has 2 aromatic rings. The molecule has 0 N–H and O–H groups in total. The zero-order valence-electron chi connectivity index (χ0n) is 17.2. The van der Waals surface area contributed by atoms with Crippen molar-refractivity contribution in [3.05, 3.63) is 52.5 Å². The molecule has 2 aliphatic rings. The van der Waals surface area contributed by atoms with Crippen molar-refractivity contribution in [1.82, 2.24) is 4.90 Å². The number of carbonyl (C=O) groups is 1. The first-order valence-electron chi connectivity index (χ1n) is 9.57. The molecule has 4 rings (SSSR count). The Labute approximate surface area is 184 Å². The van der Waals surface area contributed by atoms with Crippen molar-refractivity contribution in [1.29, 1.82) is 0 Å². The van der Waals surface area contributed by atoms with Gasteiger partial charge in [0.2, 0.25) is 0 Å². The molecular weight excluding hydrogens is 422 g/mol. The molecule has 156 valence electrons. The van der Waals surface area contributed by atoms with Crippen LogP contribution < -0.4 is 9.47 Å². The molecule has 0 saturated carbocycles. The lowest BCUT2D eigenvalue weighted by molar-refractivity contribution is -0.120. The molecule has 0 aromatic heterocycles. The first-order valence-corrected chi connectivity index (χ1v) is 10.9. The largest absolute Gasteiger partial charge is 0.493 e. The maximum Gasteiger partial charge on any atom is 0.271 e. The lowest BCUT2D eigenvalue weighted by Crippen LogP contribution is -2.46. The zero-order valence-corrected chi connectivity index (χ0v) is 18.8. The highest BCUT2D eigenvalue weighted by atomic mass is 35.5. The van der Waals surface area contributed by atoms with Gasteiger partial charge in [-0.2, -0.15) is 4.99 Å². The number of carbonyl (C=O) groups excluding carboxylic acids is 1. The molecule has 1 atom stereocenters. The van der Waals surface area contributed by atoms with Gasteiger partial charge in [-0.05, 0) is 29.7 Å². The van der Waals surface area contributed by atoms with Gasteiger partial charge in [-0.15, -0.1) is 0 Å². The van der Waals surface area contributed by atoms with Crippen molar-refractivity contribution in [2.24, 2.45) is 15.9 Å². The van der Waals surface area contributed by atoms with Gasteiger partial charge < -0.3 is 9.47 Å². The van der Waals surface area contributed by atoms with Crippen molar-refractivity contribution in [3.8, 4) is 11.5 Å². The molecular formula is C22H22ClN3O3S. The first kappa shape index (κ1) is 20.8. The smallest absolute Gasteiger partial charge is 0.271 e. The summed E-state index contributed by atoms with van der Waals surface area (Å²) in [7, 11) is 3.17. The number of methoxy groups -OCH3 is 2. The minimum Gasteiger partial charge on any atom is -0.493 e. The highest BCUT2D eigenvalue weighted by Gasteiger charge is 2.43. The Bertz CT molecular complexity index is 1070. The van der Waals surface area contributed by atoms with Crippen LogP contribution in [-0.2, 0) is 10.5 Å². The van der Waals surface area contributed by atoms with E-state index in [9.17, 15) is 4.79 Å². The quantitative estimate of drug-likeness (QED) is 0.657. The van der Waals surface area contributed by atoms with Gasteiger partial charge >= 0.3 is 0 Å².